The molecule has 19 heavy (non-hydrogen) atoms. The lowest BCUT2D eigenvalue weighted by Gasteiger charge is -2.30. The van der Waals surface area contributed by atoms with Crippen LogP contribution >= 0.6 is 15.9 Å². The van der Waals surface area contributed by atoms with Gasteiger partial charge in [-0.15, -0.1) is 0 Å². The molecule has 0 amide bonds. The van der Waals surface area contributed by atoms with Gasteiger partial charge in [-0.1, -0.05) is 42.8 Å². The van der Waals surface area contributed by atoms with E-state index >= 15 is 0 Å². The third kappa shape index (κ3) is 4.81. The van der Waals surface area contributed by atoms with Crippen LogP contribution in [0, 0.1) is 5.92 Å². The fourth-order valence-corrected chi connectivity index (χ4v) is 2.49. The van der Waals surface area contributed by atoms with Gasteiger partial charge in [-0.2, -0.15) is 0 Å². The van der Waals surface area contributed by atoms with E-state index in [2.05, 4.69) is 79.1 Å². The number of halogens is 1. The first-order valence-electron chi connectivity index (χ1n) is 7.19. The fourth-order valence-electron chi connectivity index (χ4n) is 1.98. The second-order valence-electron chi connectivity index (χ2n) is 5.55. The molecule has 0 aliphatic heterocycles. The van der Waals surface area contributed by atoms with Crippen LogP contribution in [-0.2, 0) is 6.54 Å². The van der Waals surface area contributed by atoms with E-state index < -0.39 is 0 Å². The van der Waals surface area contributed by atoms with E-state index in [0.29, 0.717) is 12.0 Å². The molecule has 0 saturated carbocycles. The lowest BCUT2D eigenvalue weighted by molar-refractivity contribution is 0.505. The quantitative estimate of drug-likeness (QED) is 0.745. The zero-order valence-corrected chi connectivity index (χ0v) is 14.4. The largest absolute Gasteiger partial charge is 0.372 e. The van der Waals surface area contributed by atoms with E-state index in [0.717, 1.165) is 13.1 Å². The molecule has 1 aromatic rings. The van der Waals surface area contributed by atoms with E-state index in [4.69, 9.17) is 0 Å². The first kappa shape index (κ1) is 16.5. The topological polar surface area (TPSA) is 15.3 Å². The van der Waals surface area contributed by atoms with Crippen molar-refractivity contribution in [3.63, 3.8) is 0 Å². The molecule has 0 saturated heterocycles. The maximum Gasteiger partial charge on any atom is 0.0377 e. The van der Waals surface area contributed by atoms with Crippen molar-refractivity contribution in [1.82, 2.24) is 5.32 Å². The van der Waals surface area contributed by atoms with Crippen molar-refractivity contribution in [2.24, 2.45) is 5.92 Å². The van der Waals surface area contributed by atoms with Gasteiger partial charge in [-0.25, -0.2) is 0 Å². The van der Waals surface area contributed by atoms with Crippen molar-refractivity contribution in [1.29, 1.82) is 0 Å². The van der Waals surface area contributed by atoms with E-state index in [9.17, 15) is 0 Å². The molecular formula is C16H27BrN2. The summed E-state index contributed by atoms with van der Waals surface area (Å²) in [6, 6.07) is 7.19. The Morgan fingerprint density at radius 3 is 2.47 bits per heavy atom. The number of anilines is 1. The first-order chi connectivity index (χ1) is 8.97. The predicted molar refractivity (Wildman–Crippen MR) is 88.8 cm³/mol. The molecule has 0 aromatic heterocycles. The second kappa shape index (κ2) is 7.91. The van der Waals surface area contributed by atoms with E-state index in [1.165, 1.54) is 22.1 Å². The normalized spacial score (nSPS) is 12.8. The number of rotatable bonds is 7. The minimum Gasteiger partial charge on any atom is -0.372 e. The molecule has 0 radical (unpaired) electrons. The van der Waals surface area contributed by atoms with Crippen LogP contribution in [0.1, 0.15) is 39.7 Å². The van der Waals surface area contributed by atoms with Crippen LogP contribution < -0.4 is 10.2 Å². The molecule has 0 spiro atoms. The molecule has 0 aliphatic rings. The highest BCUT2D eigenvalue weighted by Crippen LogP contribution is 2.26. The molecule has 1 N–H and O–H groups in total. The van der Waals surface area contributed by atoms with Gasteiger partial charge in [0, 0.05) is 29.8 Å². The van der Waals surface area contributed by atoms with Gasteiger partial charge in [-0.05, 0) is 43.5 Å². The SMILES string of the molecule is CCCNCc1ccc(N(C)C(C)C(C)C)cc1Br. The third-order valence-corrected chi connectivity index (χ3v) is 4.50. The average Bonchev–Trinajstić information content (AvgIpc) is 2.39. The van der Waals surface area contributed by atoms with E-state index in [-0.39, 0.29) is 0 Å². The second-order valence-corrected chi connectivity index (χ2v) is 6.40. The number of hydrogen-bond donors (Lipinski definition) is 1. The molecule has 1 unspecified atom stereocenters. The Balaban J connectivity index is 2.75. The van der Waals surface area contributed by atoms with Crippen LogP contribution in [0.15, 0.2) is 22.7 Å². The highest BCUT2D eigenvalue weighted by Gasteiger charge is 2.14. The molecule has 3 heteroatoms. The van der Waals surface area contributed by atoms with Gasteiger partial charge < -0.3 is 10.2 Å². The molecule has 1 atom stereocenters. The summed E-state index contributed by atoms with van der Waals surface area (Å²) in [4.78, 5) is 2.35. The van der Waals surface area contributed by atoms with Crippen LogP contribution in [0.2, 0.25) is 0 Å². The summed E-state index contributed by atoms with van der Waals surface area (Å²) < 4.78 is 1.19. The van der Waals surface area contributed by atoms with Crippen LogP contribution in [0.4, 0.5) is 5.69 Å². The number of hydrogen-bond acceptors (Lipinski definition) is 2. The van der Waals surface area contributed by atoms with Gasteiger partial charge in [0.2, 0.25) is 0 Å². The van der Waals surface area contributed by atoms with Gasteiger partial charge in [0.25, 0.3) is 0 Å². The molecule has 108 valence electrons. The van der Waals surface area contributed by atoms with Crippen molar-refractivity contribution in [3.8, 4) is 0 Å². The Morgan fingerprint density at radius 2 is 1.95 bits per heavy atom. The highest BCUT2D eigenvalue weighted by atomic mass is 79.9. The molecule has 0 bridgehead atoms. The maximum absolute atomic E-state index is 3.69. The van der Waals surface area contributed by atoms with E-state index in [1.54, 1.807) is 0 Å². The van der Waals surface area contributed by atoms with Gasteiger partial charge in [0.1, 0.15) is 0 Å². The zero-order valence-electron chi connectivity index (χ0n) is 12.8. The molecular weight excluding hydrogens is 300 g/mol. The predicted octanol–water partition coefficient (Wildman–Crippen LogP) is 4.43. The van der Waals surface area contributed by atoms with Crippen molar-refractivity contribution >= 4 is 21.6 Å². The zero-order chi connectivity index (χ0) is 14.4. The maximum atomic E-state index is 3.69. The van der Waals surface area contributed by atoms with Crippen LogP contribution in [0.5, 0.6) is 0 Å². The lowest BCUT2D eigenvalue weighted by atomic mass is 10.0. The van der Waals surface area contributed by atoms with Gasteiger partial charge in [0.15, 0.2) is 0 Å². The Hall–Kier alpha value is -0.540. The number of nitrogens with one attached hydrogen (secondary N) is 1. The summed E-state index contributed by atoms with van der Waals surface area (Å²) in [5.74, 6) is 0.648. The number of nitrogens with zero attached hydrogens (tertiary/aromatic N) is 1. The summed E-state index contributed by atoms with van der Waals surface area (Å²) in [6.45, 7) is 11.0. The van der Waals surface area contributed by atoms with Crippen molar-refractivity contribution in [3.05, 3.63) is 28.2 Å². The van der Waals surface area contributed by atoms with Gasteiger partial charge in [0.05, 0.1) is 0 Å². The summed E-state index contributed by atoms with van der Waals surface area (Å²) >= 11 is 3.69. The third-order valence-electron chi connectivity index (χ3n) is 3.76. The minimum atomic E-state index is 0.538. The lowest BCUT2D eigenvalue weighted by Crippen LogP contribution is -2.33. The van der Waals surface area contributed by atoms with Crippen molar-refractivity contribution < 1.29 is 0 Å². The molecule has 0 heterocycles. The summed E-state index contributed by atoms with van der Waals surface area (Å²) in [5, 5.41) is 3.44. The molecule has 0 fully saturated rings. The Kier molecular flexibility index (Phi) is 6.87. The van der Waals surface area contributed by atoms with Crippen molar-refractivity contribution in [2.45, 2.75) is 46.7 Å². The first-order valence-corrected chi connectivity index (χ1v) is 7.98. The van der Waals surface area contributed by atoms with Crippen LogP contribution in [-0.4, -0.2) is 19.6 Å². The van der Waals surface area contributed by atoms with Crippen molar-refractivity contribution in [2.75, 3.05) is 18.5 Å². The monoisotopic (exact) mass is 326 g/mol. The molecule has 0 aliphatic carbocycles. The van der Waals surface area contributed by atoms with E-state index in [1.807, 2.05) is 0 Å². The summed E-state index contributed by atoms with van der Waals surface area (Å²) in [7, 11) is 2.17. The molecule has 1 aromatic carbocycles. The summed E-state index contributed by atoms with van der Waals surface area (Å²) in [5.41, 5.74) is 2.59. The highest BCUT2D eigenvalue weighted by molar-refractivity contribution is 9.10. The smallest absolute Gasteiger partial charge is 0.0377 e. The average molecular weight is 327 g/mol. The van der Waals surface area contributed by atoms with Gasteiger partial charge in [-0.3, -0.25) is 0 Å². The Morgan fingerprint density at radius 1 is 1.26 bits per heavy atom. The minimum absolute atomic E-state index is 0.538. The Bertz CT molecular complexity index is 390. The Labute approximate surface area is 126 Å². The molecule has 2 nitrogen and oxygen atoms in total. The standard InChI is InChI=1S/C16H27BrN2/c1-6-9-18-11-14-7-8-15(10-16(14)17)19(5)13(4)12(2)3/h7-8,10,12-13,18H,6,9,11H2,1-5H3. The fraction of sp³-hybridized carbons (Fsp3) is 0.625. The van der Waals surface area contributed by atoms with Crippen LogP contribution in [0.25, 0.3) is 0 Å². The molecule has 1 rings (SSSR count). The number of benzene rings is 1. The van der Waals surface area contributed by atoms with Gasteiger partial charge >= 0.3 is 0 Å². The van der Waals surface area contributed by atoms with Crippen LogP contribution in [0.3, 0.4) is 0 Å². The summed E-state index contributed by atoms with van der Waals surface area (Å²) in [6.07, 6.45) is 1.17.